The highest BCUT2D eigenvalue weighted by molar-refractivity contribution is 5.95. The van der Waals surface area contributed by atoms with Gasteiger partial charge in [-0.05, 0) is 30.5 Å². The second-order valence-electron chi connectivity index (χ2n) is 7.35. The molecule has 0 spiro atoms. The van der Waals surface area contributed by atoms with E-state index >= 15 is 0 Å². The third-order valence-electron chi connectivity index (χ3n) is 5.40. The number of aromatic nitrogens is 6. The van der Waals surface area contributed by atoms with Gasteiger partial charge < -0.3 is 10.3 Å². The van der Waals surface area contributed by atoms with E-state index in [4.69, 9.17) is 0 Å². The molecule has 0 amide bonds. The van der Waals surface area contributed by atoms with Crippen LogP contribution in [0.2, 0.25) is 0 Å². The molecule has 1 aliphatic rings. The molecule has 2 N–H and O–H groups in total. The molecule has 1 fully saturated rings. The zero-order valence-corrected chi connectivity index (χ0v) is 15.3. The Morgan fingerprint density at radius 1 is 1.25 bits per heavy atom. The quantitative estimate of drug-likeness (QED) is 0.561. The van der Waals surface area contributed by atoms with Crippen LogP contribution in [-0.2, 0) is 7.05 Å². The summed E-state index contributed by atoms with van der Waals surface area (Å²) in [5, 5.41) is 12.2. The first-order valence-electron chi connectivity index (χ1n) is 9.27. The first-order chi connectivity index (χ1) is 13.5. The molecule has 0 unspecified atom stereocenters. The van der Waals surface area contributed by atoms with Gasteiger partial charge >= 0.3 is 0 Å². The fourth-order valence-electron chi connectivity index (χ4n) is 3.78. The lowest BCUT2D eigenvalue weighted by Gasteiger charge is -2.28. The van der Waals surface area contributed by atoms with Gasteiger partial charge in [0.15, 0.2) is 0 Å². The van der Waals surface area contributed by atoms with Crippen molar-refractivity contribution in [2.45, 2.75) is 37.6 Å². The summed E-state index contributed by atoms with van der Waals surface area (Å²) in [5.41, 5.74) is 4.49. The molecule has 0 aliphatic heterocycles. The average molecular weight is 383 g/mol. The van der Waals surface area contributed by atoms with Crippen LogP contribution in [0.4, 0.5) is 14.7 Å². The van der Waals surface area contributed by atoms with Crippen LogP contribution in [0.15, 0.2) is 30.6 Å². The van der Waals surface area contributed by atoms with Crippen LogP contribution in [0, 0.1) is 0 Å². The minimum absolute atomic E-state index is 0.0220. The van der Waals surface area contributed by atoms with E-state index in [0.717, 1.165) is 27.5 Å². The maximum Gasteiger partial charge on any atom is 0.248 e. The predicted octanol–water partition coefficient (Wildman–Crippen LogP) is 3.90. The highest BCUT2D eigenvalue weighted by Crippen LogP contribution is 2.34. The molecule has 0 atom stereocenters. The Balaban J connectivity index is 1.42. The number of halogens is 2. The largest absolute Gasteiger partial charge is 0.351 e. The van der Waals surface area contributed by atoms with Crippen LogP contribution >= 0.6 is 0 Å². The number of anilines is 1. The van der Waals surface area contributed by atoms with Crippen molar-refractivity contribution < 1.29 is 8.78 Å². The SMILES string of the molecule is Cn1nnc2ccc(-c3c[nH]c4nc(NC5CCC(F)(F)CC5)ncc34)cc21. The van der Waals surface area contributed by atoms with Gasteiger partial charge in [-0.2, -0.15) is 4.98 Å². The number of aryl methyl sites for hydroxylation is 1. The Morgan fingerprint density at radius 2 is 2.07 bits per heavy atom. The van der Waals surface area contributed by atoms with Crippen molar-refractivity contribution in [3.8, 4) is 11.1 Å². The fourth-order valence-corrected chi connectivity index (χ4v) is 3.78. The van der Waals surface area contributed by atoms with Gasteiger partial charge in [0.25, 0.3) is 0 Å². The van der Waals surface area contributed by atoms with E-state index in [2.05, 4.69) is 30.6 Å². The zero-order valence-electron chi connectivity index (χ0n) is 15.3. The minimum atomic E-state index is -2.54. The Hall–Kier alpha value is -3.10. The highest BCUT2D eigenvalue weighted by Gasteiger charge is 2.35. The van der Waals surface area contributed by atoms with Gasteiger partial charge in [-0.3, -0.25) is 0 Å². The summed E-state index contributed by atoms with van der Waals surface area (Å²) < 4.78 is 28.4. The third kappa shape index (κ3) is 2.96. The maximum absolute atomic E-state index is 13.3. The molecule has 144 valence electrons. The molecule has 1 aromatic carbocycles. The Morgan fingerprint density at radius 3 is 2.89 bits per heavy atom. The molecule has 0 radical (unpaired) electrons. The second-order valence-corrected chi connectivity index (χ2v) is 7.35. The van der Waals surface area contributed by atoms with Crippen molar-refractivity contribution >= 4 is 28.0 Å². The van der Waals surface area contributed by atoms with Crippen molar-refractivity contribution in [3.63, 3.8) is 0 Å². The van der Waals surface area contributed by atoms with Crippen molar-refractivity contribution in [2.75, 3.05) is 5.32 Å². The fraction of sp³-hybridized carbons (Fsp3) is 0.368. The maximum atomic E-state index is 13.3. The lowest BCUT2D eigenvalue weighted by Crippen LogP contribution is -2.32. The molecule has 3 heterocycles. The van der Waals surface area contributed by atoms with E-state index in [0.29, 0.717) is 24.4 Å². The topological polar surface area (TPSA) is 84.3 Å². The predicted molar refractivity (Wildman–Crippen MR) is 102 cm³/mol. The monoisotopic (exact) mass is 383 g/mol. The molecule has 0 bridgehead atoms. The third-order valence-corrected chi connectivity index (χ3v) is 5.40. The van der Waals surface area contributed by atoms with Gasteiger partial charge in [0.05, 0.1) is 5.52 Å². The van der Waals surface area contributed by atoms with Crippen LogP contribution < -0.4 is 5.32 Å². The number of H-pyrrole nitrogens is 1. The lowest BCUT2D eigenvalue weighted by molar-refractivity contribution is -0.0361. The van der Waals surface area contributed by atoms with Crippen molar-refractivity contribution in [2.24, 2.45) is 7.05 Å². The second kappa shape index (κ2) is 6.22. The summed E-state index contributed by atoms with van der Waals surface area (Å²) in [5.74, 6) is -2.08. The Labute approximate surface area is 159 Å². The summed E-state index contributed by atoms with van der Waals surface area (Å²) in [4.78, 5) is 12.1. The Bertz CT molecular complexity index is 1150. The lowest BCUT2D eigenvalue weighted by atomic mass is 9.92. The molecule has 9 heteroatoms. The molecular formula is C19H19F2N7. The van der Waals surface area contributed by atoms with Gasteiger partial charge in [-0.15, -0.1) is 5.10 Å². The van der Waals surface area contributed by atoms with E-state index in [1.807, 2.05) is 31.4 Å². The number of rotatable bonds is 3. The standard InChI is InChI=1S/C19H19F2N7/c1-28-16-8-11(2-3-15(16)26-27-28)13-9-22-17-14(13)10-23-18(25-17)24-12-4-6-19(20,21)7-5-12/h2-3,8-10,12H,4-7H2,1H3,(H2,22,23,24,25). The van der Waals surface area contributed by atoms with Gasteiger partial charge in [0.2, 0.25) is 11.9 Å². The molecule has 1 saturated carbocycles. The highest BCUT2D eigenvalue weighted by atomic mass is 19.3. The minimum Gasteiger partial charge on any atom is -0.351 e. The summed E-state index contributed by atoms with van der Waals surface area (Å²) in [6, 6.07) is 5.94. The summed E-state index contributed by atoms with van der Waals surface area (Å²) in [7, 11) is 1.86. The number of hydrogen-bond donors (Lipinski definition) is 2. The molecule has 0 saturated heterocycles. The van der Waals surface area contributed by atoms with Gasteiger partial charge in [-0.25, -0.2) is 18.4 Å². The molecule has 3 aromatic heterocycles. The van der Waals surface area contributed by atoms with Crippen LogP contribution in [0.1, 0.15) is 25.7 Å². The molecule has 4 aromatic rings. The number of nitrogens with one attached hydrogen (secondary N) is 2. The number of alkyl halides is 2. The van der Waals surface area contributed by atoms with Gasteiger partial charge in [-0.1, -0.05) is 11.3 Å². The van der Waals surface area contributed by atoms with E-state index < -0.39 is 5.92 Å². The summed E-state index contributed by atoms with van der Waals surface area (Å²) in [6.45, 7) is 0. The number of nitrogens with zero attached hydrogens (tertiary/aromatic N) is 5. The molecular weight excluding hydrogens is 364 g/mol. The van der Waals surface area contributed by atoms with Crippen molar-refractivity contribution in [1.29, 1.82) is 0 Å². The number of aromatic amines is 1. The number of fused-ring (bicyclic) bond motifs is 2. The van der Waals surface area contributed by atoms with E-state index in [-0.39, 0.29) is 18.9 Å². The zero-order chi connectivity index (χ0) is 19.3. The van der Waals surface area contributed by atoms with Crippen LogP contribution in [0.5, 0.6) is 0 Å². The van der Waals surface area contributed by atoms with Crippen molar-refractivity contribution in [3.05, 3.63) is 30.6 Å². The molecule has 28 heavy (non-hydrogen) atoms. The van der Waals surface area contributed by atoms with E-state index in [1.165, 1.54) is 0 Å². The summed E-state index contributed by atoms with van der Waals surface area (Å²) >= 11 is 0. The van der Waals surface area contributed by atoms with Gasteiger partial charge in [0.1, 0.15) is 11.2 Å². The molecule has 7 nitrogen and oxygen atoms in total. The molecule has 5 rings (SSSR count). The van der Waals surface area contributed by atoms with Crippen molar-refractivity contribution in [1.82, 2.24) is 29.9 Å². The van der Waals surface area contributed by atoms with Crippen LogP contribution in [0.25, 0.3) is 33.2 Å². The van der Waals surface area contributed by atoms with E-state index in [1.54, 1.807) is 10.9 Å². The number of benzene rings is 1. The Kier molecular flexibility index (Phi) is 3.78. The van der Waals surface area contributed by atoms with Crippen LogP contribution in [0.3, 0.4) is 0 Å². The average Bonchev–Trinajstić information content (AvgIpc) is 3.27. The molecule has 1 aliphatic carbocycles. The number of hydrogen-bond acceptors (Lipinski definition) is 5. The summed E-state index contributed by atoms with van der Waals surface area (Å²) in [6.07, 6.45) is 4.32. The van der Waals surface area contributed by atoms with Crippen LogP contribution in [-0.4, -0.2) is 41.9 Å². The first kappa shape index (κ1) is 17.0. The first-order valence-corrected chi connectivity index (χ1v) is 9.27. The van der Waals surface area contributed by atoms with E-state index in [9.17, 15) is 8.78 Å². The normalized spacial score (nSPS) is 17.4. The van der Waals surface area contributed by atoms with Gasteiger partial charge in [0, 0.05) is 49.3 Å². The smallest absolute Gasteiger partial charge is 0.248 e.